The number of carbonyl (C=O) groups excluding carboxylic acids is 1. The zero-order chi connectivity index (χ0) is 16.9. The monoisotopic (exact) mass is 330 g/mol. The van der Waals surface area contributed by atoms with Gasteiger partial charge in [-0.3, -0.25) is 4.79 Å². The lowest BCUT2D eigenvalue weighted by Gasteiger charge is -2.30. The summed E-state index contributed by atoms with van der Waals surface area (Å²) in [5.41, 5.74) is -0.519. The highest BCUT2D eigenvalue weighted by molar-refractivity contribution is 5.81. The topological polar surface area (TPSA) is 41.6 Å². The molecule has 1 atom stereocenters. The van der Waals surface area contributed by atoms with Crippen molar-refractivity contribution < 1.29 is 22.7 Å². The highest BCUT2D eigenvalue weighted by Gasteiger charge is 2.33. The Bertz CT molecular complexity index is 528. The molecule has 1 saturated heterocycles. The fourth-order valence-electron chi connectivity index (χ4n) is 2.59. The van der Waals surface area contributed by atoms with Crippen LogP contribution in [0, 0.1) is 0 Å². The molecule has 0 bridgehead atoms. The summed E-state index contributed by atoms with van der Waals surface area (Å²) in [5, 5.41) is 2.96. The van der Waals surface area contributed by atoms with Crippen molar-refractivity contribution in [2.75, 3.05) is 26.3 Å². The fourth-order valence-corrected chi connectivity index (χ4v) is 2.59. The number of amides is 1. The smallest absolute Gasteiger partial charge is 0.378 e. The first kappa shape index (κ1) is 17.7. The minimum atomic E-state index is -4.39. The molecule has 0 aromatic heterocycles. The van der Waals surface area contributed by atoms with Crippen LogP contribution >= 0.6 is 0 Å². The Kier molecular flexibility index (Phi) is 6.01. The molecule has 1 heterocycles. The third-order valence-electron chi connectivity index (χ3n) is 3.89. The van der Waals surface area contributed by atoms with E-state index in [1.54, 1.807) is 11.0 Å². The zero-order valence-corrected chi connectivity index (χ0v) is 13.0. The molecule has 1 unspecified atom stereocenters. The van der Waals surface area contributed by atoms with Gasteiger partial charge >= 0.3 is 6.18 Å². The van der Waals surface area contributed by atoms with Gasteiger partial charge in [-0.1, -0.05) is 25.1 Å². The quantitative estimate of drug-likeness (QED) is 0.902. The molecule has 128 valence electrons. The summed E-state index contributed by atoms with van der Waals surface area (Å²) in [7, 11) is 0. The SMILES string of the molecule is CCC(NCc1ccccc1C(F)(F)F)C(=O)N1CCOCC1. The minimum Gasteiger partial charge on any atom is -0.378 e. The number of halogens is 3. The van der Waals surface area contributed by atoms with Crippen molar-refractivity contribution in [2.24, 2.45) is 0 Å². The molecule has 1 aromatic rings. The second-order valence-corrected chi connectivity index (χ2v) is 5.43. The third-order valence-corrected chi connectivity index (χ3v) is 3.89. The molecular formula is C16H21F3N2O2. The van der Waals surface area contributed by atoms with Crippen LogP contribution in [-0.2, 0) is 22.3 Å². The fraction of sp³-hybridized carbons (Fsp3) is 0.562. The normalized spacial score (nSPS) is 17.1. The molecule has 23 heavy (non-hydrogen) atoms. The molecule has 0 saturated carbocycles. The zero-order valence-electron chi connectivity index (χ0n) is 13.0. The van der Waals surface area contributed by atoms with Gasteiger partial charge in [-0.25, -0.2) is 0 Å². The number of benzene rings is 1. The van der Waals surface area contributed by atoms with Gasteiger partial charge in [0.25, 0.3) is 0 Å². The summed E-state index contributed by atoms with van der Waals surface area (Å²) in [6.45, 7) is 3.89. The van der Waals surface area contributed by atoms with E-state index in [2.05, 4.69) is 5.32 Å². The summed E-state index contributed by atoms with van der Waals surface area (Å²) in [4.78, 5) is 14.1. The molecular weight excluding hydrogens is 309 g/mol. The van der Waals surface area contributed by atoms with Crippen LogP contribution in [0.2, 0.25) is 0 Å². The van der Waals surface area contributed by atoms with Crippen molar-refractivity contribution in [2.45, 2.75) is 32.1 Å². The first-order valence-corrected chi connectivity index (χ1v) is 7.68. The minimum absolute atomic E-state index is 0.00424. The van der Waals surface area contributed by atoms with Gasteiger partial charge in [0.2, 0.25) is 5.91 Å². The lowest BCUT2D eigenvalue weighted by molar-refractivity contribution is -0.138. The van der Waals surface area contributed by atoms with Crippen molar-refractivity contribution in [3.63, 3.8) is 0 Å². The molecule has 4 nitrogen and oxygen atoms in total. The molecule has 2 rings (SSSR count). The van der Waals surface area contributed by atoms with Crippen LogP contribution in [-0.4, -0.2) is 43.2 Å². The van der Waals surface area contributed by atoms with Crippen LogP contribution in [0.25, 0.3) is 0 Å². The van der Waals surface area contributed by atoms with E-state index in [9.17, 15) is 18.0 Å². The van der Waals surface area contributed by atoms with E-state index in [0.717, 1.165) is 6.07 Å². The molecule has 1 aliphatic heterocycles. The van der Waals surface area contributed by atoms with Crippen molar-refractivity contribution in [3.8, 4) is 0 Å². The summed E-state index contributed by atoms with van der Waals surface area (Å²) in [5.74, 6) is -0.0831. The third kappa shape index (κ3) is 4.68. The van der Waals surface area contributed by atoms with E-state index in [1.165, 1.54) is 12.1 Å². The Hall–Kier alpha value is -1.60. The van der Waals surface area contributed by atoms with Crippen LogP contribution in [0.5, 0.6) is 0 Å². The maximum atomic E-state index is 13.0. The maximum Gasteiger partial charge on any atom is 0.416 e. The van der Waals surface area contributed by atoms with Gasteiger partial charge in [-0.05, 0) is 18.1 Å². The van der Waals surface area contributed by atoms with Gasteiger partial charge in [0.15, 0.2) is 0 Å². The van der Waals surface area contributed by atoms with E-state index < -0.39 is 17.8 Å². The largest absolute Gasteiger partial charge is 0.416 e. The van der Waals surface area contributed by atoms with E-state index in [-0.39, 0.29) is 18.0 Å². The van der Waals surface area contributed by atoms with Crippen LogP contribution < -0.4 is 5.32 Å². The van der Waals surface area contributed by atoms with Gasteiger partial charge in [-0.2, -0.15) is 13.2 Å². The Morgan fingerprint density at radius 2 is 1.96 bits per heavy atom. The van der Waals surface area contributed by atoms with E-state index in [1.807, 2.05) is 6.92 Å². The number of carbonyl (C=O) groups is 1. The maximum absolute atomic E-state index is 13.0. The van der Waals surface area contributed by atoms with Gasteiger partial charge < -0.3 is 15.0 Å². The average Bonchev–Trinajstić information content (AvgIpc) is 2.55. The molecule has 1 N–H and O–H groups in total. The summed E-state index contributed by atoms with van der Waals surface area (Å²) < 4.78 is 44.2. The Balaban J connectivity index is 2.02. The molecule has 1 fully saturated rings. The van der Waals surface area contributed by atoms with Gasteiger partial charge in [0.1, 0.15) is 0 Å². The number of rotatable bonds is 5. The standard InChI is InChI=1S/C16H21F3N2O2/c1-2-14(15(22)21-7-9-23-10-8-21)20-11-12-5-3-4-6-13(12)16(17,18)19/h3-6,14,20H,2,7-11H2,1H3. The predicted octanol–water partition coefficient (Wildman–Crippen LogP) is 2.43. The Labute approximate surface area is 133 Å². The number of nitrogens with one attached hydrogen (secondary N) is 1. The molecule has 1 aliphatic rings. The molecule has 1 aromatic carbocycles. The van der Waals surface area contributed by atoms with Gasteiger partial charge in [-0.15, -0.1) is 0 Å². The highest BCUT2D eigenvalue weighted by Crippen LogP contribution is 2.31. The molecule has 7 heteroatoms. The van der Waals surface area contributed by atoms with E-state index >= 15 is 0 Å². The van der Waals surface area contributed by atoms with Crippen LogP contribution in [0.3, 0.4) is 0 Å². The Morgan fingerprint density at radius 3 is 2.57 bits per heavy atom. The van der Waals surface area contributed by atoms with E-state index in [4.69, 9.17) is 4.74 Å². The van der Waals surface area contributed by atoms with Crippen molar-refractivity contribution in [1.29, 1.82) is 0 Å². The average molecular weight is 330 g/mol. The van der Waals surface area contributed by atoms with Gasteiger partial charge in [0, 0.05) is 19.6 Å². The second-order valence-electron chi connectivity index (χ2n) is 5.43. The van der Waals surface area contributed by atoms with Crippen molar-refractivity contribution >= 4 is 5.91 Å². The predicted molar refractivity (Wildman–Crippen MR) is 79.8 cm³/mol. The van der Waals surface area contributed by atoms with Crippen LogP contribution in [0.15, 0.2) is 24.3 Å². The summed E-state index contributed by atoms with van der Waals surface area (Å²) >= 11 is 0. The summed E-state index contributed by atoms with van der Waals surface area (Å²) in [6.07, 6.45) is -3.88. The molecule has 0 spiro atoms. The first-order valence-electron chi connectivity index (χ1n) is 7.68. The van der Waals surface area contributed by atoms with E-state index in [0.29, 0.717) is 32.7 Å². The number of alkyl halides is 3. The number of nitrogens with zero attached hydrogens (tertiary/aromatic N) is 1. The number of morpholine rings is 1. The molecule has 0 aliphatic carbocycles. The number of ether oxygens (including phenoxy) is 1. The Morgan fingerprint density at radius 1 is 1.30 bits per heavy atom. The molecule has 1 amide bonds. The number of hydrogen-bond donors (Lipinski definition) is 1. The molecule has 0 radical (unpaired) electrons. The van der Waals surface area contributed by atoms with Crippen molar-refractivity contribution in [3.05, 3.63) is 35.4 Å². The lowest BCUT2D eigenvalue weighted by Crippen LogP contribution is -2.50. The second kappa shape index (κ2) is 7.79. The van der Waals surface area contributed by atoms with Crippen molar-refractivity contribution in [1.82, 2.24) is 10.2 Å². The van der Waals surface area contributed by atoms with Crippen LogP contribution in [0.1, 0.15) is 24.5 Å². The summed E-state index contributed by atoms with van der Waals surface area (Å²) in [6, 6.07) is 4.93. The highest BCUT2D eigenvalue weighted by atomic mass is 19.4. The first-order chi connectivity index (χ1) is 10.9. The number of hydrogen-bond acceptors (Lipinski definition) is 3. The van der Waals surface area contributed by atoms with Crippen LogP contribution in [0.4, 0.5) is 13.2 Å². The van der Waals surface area contributed by atoms with Gasteiger partial charge in [0.05, 0.1) is 24.8 Å². The lowest BCUT2D eigenvalue weighted by atomic mass is 10.1.